The van der Waals surface area contributed by atoms with Crippen LogP contribution < -0.4 is 5.32 Å². The van der Waals surface area contributed by atoms with Gasteiger partial charge in [-0.25, -0.2) is 0 Å². The van der Waals surface area contributed by atoms with E-state index in [2.05, 4.69) is 5.32 Å². The Balaban J connectivity index is 2.00. The van der Waals surface area contributed by atoms with E-state index in [9.17, 15) is 31.1 Å². The quantitative estimate of drug-likeness (QED) is 0.245. The number of rotatable bonds is 6. The highest BCUT2D eigenvalue weighted by Gasteiger charge is 2.41. The molecule has 4 rings (SSSR count). The molecule has 0 unspecified atom stereocenters. The number of amides is 1. The number of hydrogen-bond donors (Lipinski definition) is 1. The van der Waals surface area contributed by atoms with Gasteiger partial charge in [0, 0.05) is 12.0 Å². The van der Waals surface area contributed by atoms with E-state index >= 15 is 0 Å². The Bertz CT molecular complexity index is 1420. The maximum absolute atomic E-state index is 13.8. The number of benzene rings is 4. The summed E-state index contributed by atoms with van der Waals surface area (Å²) in [5.41, 5.74) is -1.17. The molecular formula is C31H25F6NO. The topological polar surface area (TPSA) is 29.1 Å². The molecule has 4 aromatic carbocycles. The van der Waals surface area contributed by atoms with E-state index in [1.54, 1.807) is 48.5 Å². The molecule has 39 heavy (non-hydrogen) atoms. The maximum Gasteiger partial charge on any atom is 0.416 e. The molecule has 4 aromatic rings. The number of hydrogen-bond acceptors (Lipinski definition) is 1. The molecular weight excluding hydrogens is 516 g/mol. The summed E-state index contributed by atoms with van der Waals surface area (Å²) in [6.07, 6.45) is -9.52. The lowest BCUT2D eigenvalue weighted by Crippen LogP contribution is -2.49. The second-order valence-corrected chi connectivity index (χ2v) is 9.48. The van der Waals surface area contributed by atoms with Crippen molar-refractivity contribution in [1.29, 1.82) is 0 Å². The van der Waals surface area contributed by atoms with Crippen molar-refractivity contribution in [2.45, 2.75) is 38.2 Å². The number of carbonyl (C=O) groups excluding carboxylic acids is 1. The van der Waals surface area contributed by atoms with Crippen molar-refractivity contribution < 1.29 is 31.1 Å². The molecule has 0 radical (unpaired) electrons. The van der Waals surface area contributed by atoms with Crippen molar-refractivity contribution in [2.75, 3.05) is 0 Å². The molecule has 202 valence electrons. The standard InChI is InChI=1S/C31H25F6NO/c1-20-14-15-23(16-21(20)2)28(39)38-29(19-22-8-4-3-5-9-22,24-10-6-12-26(17-24)30(32,33)34)25-11-7-13-27(18-25)31(35,36)37/h3-18H,19H2,1-2H3,(H,38,39). The van der Waals surface area contributed by atoms with Gasteiger partial charge in [-0.1, -0.05) is 60.7 Å². The van der Waals surface area contributed by atoms with E-state index in [1.807, 2.05) is 13.8 Å². The van der Waals surface area contributed by atoms with Crippen LogP contribution in [-0.4, -0.2) is 5.91 Å². The second kappa shape index (κ2) is 10.6. The van der Waals surface area contributed by atoms with E-state index in [1.165, 1.54) is 24.3 Å². The maximum atomic E-state index is 13.8. The minimum Gasteiger partial charge on any atom is -0.338 e. The molecule has 0 bridgehead atoms. The van der Waals surface area contributed by atoms with Gasteiger partial charge in [-0.15, -0.1) is 0 Å². The van der Waals surface area contributed by atoms with Crippen LogP contribution in [0.3, 0.4) is 0 Å². The average molecular weight is 542 g/mol. The highest BCUT2D eigenvalue weighted by Crippen LogP contribution is 2.40. The Hall–Kier alpha value is -4.07. The molecule has 0 aromatic heterocycles. The summed E-state index contributed by atoms with van der Waals surface area (Å²) in [7, 11) is 0. The third kappa shape index (κ3) is 6.16. The Morgan fingerprint density at radius 1 is 0.615 bits per heavy atom. The zero-order valence-electron chi connectivity index (χ0n) is 21.1. The molecule has 1 N–H and O–H groups in total. The number of nitrogens with one attached hydrogen (secondary N) is 1. The molecule has 0 fully saturated rings. The van der Waals surface area contributed by atoms with Gasteiger partial charge in [-0.05, 0) is 78.1 Å². The summed E-state index contributed by atoms with van der Waals surface area (Å²) in [5.74, 6) is -0.635. The van der Waals surface area contributed by atoms with Gasteiger partial charge in [0.15, 0.2) is 0 Å². The number of alkyl halides is 6. The molecule has 2 nitrogen and oxygen atoms in total. The van der Waals surface area contributed by atoms with Gasteiger partial charge < -0.3 is 5.32 Å². The van der Waals surface area contributed by atoms with Crippen molar-refractivity contribution in [1.82, 2.24) is 5.32 Å². The van der Waals surface area contributed by atoms with Gasteiger partial charge in [0.1, 0.15) is 0 Å². The molecule has 1 amide bonds. The SMILES string of the molecule is Cc1ccc(C(=O)NC(Cc2ccccc2)(c2cccc(C(F)(F)F)c2)c2cccc(C(F)(F)F)c2)cc1C. The third-order valence-corrected chi connectivity index (χ3v) is 6.77. The molecule has 0 heterocycles. The largest absolute Gasteiger partial charge is 0.416 e. The van der Waals surface area contributed by atoms with E-state index in [4.69, 9.17) is 0 Å². The van der Waals surface area contributed by atoms with Gasteiger partial charge in [0.05, 0.1) is 16.7 Å². The van der Waals surface area contributed by atoms with Gasteiger partial charge in [0.25, 0.3) is 5.91 Å². The van der Waals surface area contributed by atoms with Crippen LogP contribution in [0.25, 0.3) is 0 Å². The van der Waals surface area contributed by atoms with Crippen LogP contribution in [0.1, 0.15) is 49.3 Å². The normalized spacial score (nSPS) is 12.3. The third-order valence-electron chi connectivity index (χ3n) is 6.77. The Labute approximate surface area is 222 Å². The van der Waals surface area contributed by atoms with Crippen LogP contribution in [0.15, 0.2) is 97.1 Å². The lowest BCUT2D eigenvalue weighted by atomic mass is 9.76. The fraction of sp³-hybridized carbons (Fsp3) is 0.194. The monoisotopic (exact) mass is 541 g/mol. The summed E-state index contributed by atoms with van der Waals surface area (Å²) < 4.78 is 82.7. The highest BCUT2D eigenvalue weighted by atomic mass is 19.4. The van der Waals surface area contributed by atoms with Crippen LogP contribution in [0.4, 0.5) is 26.3 Å². The number of carbonyl (C=O) groups is 1. The minimum absolute atomic E-state index is 0.00214. The van der Waals surface area contributed by atoms with Crippen molar-refractivity contribution in [3.05, 3.63) is 142 Å². The smallest absolute Gasteiger partial charge is 0.338 e. The van der Waals surface area contributed by atoms with Gasteiger partial charge in [0.2, 0.25) is 0 Å². The van der Waals surface area contributed by atoms with Crippen LogP contribution in [-0.2, 0) is 24.3 Å². The zero-order valence-corrected chi connectivity index (χ0v) is 21.1. The highest BCUT2D eigenvalue weighted by molar-refractivity contribution is 5.95. The van der Waals surface area contributed by atoms with Gasteiger partial charge in [-0.2, -0.15) is 26.3 Å². The molecule has 8 heteroatoms. The molecule has 0 spiro atoms. The summed E-state index contributed by atoms with van der Waals surface area (Å²) in [6, 6.07) is 22.2. The summed E-state index contributed by atoms with van der Waals surface area (Å²) >= 11 is 0. The fourth-order valence-electron chi connectivity index (χ4n) is 4.53. The van der Waals surface area contributed by atoms with Crippen LogP contribution in [0, 0.1) is 13.8 Å². The minimum atomic E-state index is -4.71. The average Bonchev–Trinajstić information content (AvgIpc) is 2.89. The van der Waals surface area contributed by atoms with Crippen LogP contribution in [0.5, 0.6) is 0 Å². The summed E-state index contributed by atoms with van der Waals surface area (Å²) in [4.78, 5) is 13.7. The summed E-state index contributed by atoms with van der Waals surface area (Å²) in [5, 5.41) is 2.86. The summed E-state index contributed by atoms with van der Waals surface area (Å²) in [6.45, 7) is 3.67. The van der Waals surface area contributed by atoms with Crippen molar-refractivity contribution in [3.63, 3.8) is 0 Å². The van der Waals surface area contributed by atoms with Crippen molar-refractivity contribution in [3.8, 4) is 0 Å². The van der Waals surface area contributed by atoms with E-state index < -0.39 is 34.9 Å². The molecule has 0 atom stereocenters. The molecule has 0 saturated heterocycles. The fourth-order valence-corrected chi connectivity index (χ4v) is 4.53. The van der Waals surface area contributed by atoms with Crippen molar-refractivity contribution in [2.24, 2.45) is 0 Å². The predicted molar refractivity (Wildman–Crippen MR) is 137 cm³/mol. The van der Waals surface area contributed by atoms with Crippen LogP contribution >= 0.6 is 0 Å². The number of halogens is 6. The zero-order chi connectivity index (χ0) is 28.4. The first-order valence-corrected chi connectivity index (χ1v) is 12.1. The lowest BCUT2D eigenvalue weighted by Gasteiger charge is -2.37. The molecule has 0 aliphatic heterocycles. The van der Waals surface area contributed by atoms with E-state index in [0.29, 0.717) is 5.56 Å². The first kappa shape index (κ1) is 28.0. The Kier molecular flexibility index (Phi) is 7.59. The van der Waals surface area contributed by atoms with E-state index in [0.717, 1.165) is 35.4 Å². The Morgan fingerprint density at radius 2 is 1.13 bits per heavy atom. The second-order valence-electron chi connectivity index (χ2n) is 9.48. The predicted octanol–water partition coefficient (Wildman–Crippen LogP) is 8.26. The van der Waals surface area contributed by atoms with Gasteiger partial charge in [-0.3, -0.25) is 4.79 Å². The first-order valence-electron chi connectivity index (χ1n) is 12.1. The molecule has 0 saturated carbocycles. The Morgan fingerprint density at radius 3 is 1.62 bits per heavy atom. The lowest BCUT2D eigenvalue weighted by molar-refractivity contribution is -0.138. The molecule has 0 aliphatic carbocycles. The van der Waals surface area contributed by atoms with Crippen LogP contribution in [0.2, 0.25) is 0 Å². The molecule has 0 aliphatic rings. The van der Waals surface area contributed by atoms with Crippen molar-refractivity contribution >= 4 is 5.91 Å². The van der Waals surface area contributed by atoms with E-state index in [-0.39, 0.29) is 23.1 Å². The number of aryl methyl sites for hydroxylation is 2. The first-order chi connectivity index (χ1) is 18.3. The van der Waals surface area contributed by atoms with Gasteiger partial charge >= 0.3 is 12.4 Å².